The zero-order chi connectivity index (χ0) is 21.8. The van der Waals surface area contributed by atoms with Gasteiger partial charge in [0, 0.05) is 38.3 Å². The number of anilines is 1. The molecule has 2 amide bonds. The number of rotatable bonds is 6. The topological polar surface area (TPSA) is 86.8 Å². The maximum absolute atomic E-state index is 13.1. The summed E-state index contributed by atoms with van der Waals surface area (Å²) in [6.07, 6.45) is 4.16. The number of hydrogen-bond acceptors (Lipinski definition) is 4. The first-order valence-electron chi connectivity index (χ1n) is 10.7. The lowest BCUT2D eigenvalue weighted by atomic mass is 10.1. The molecule has 0 saturated carbocycles. The molecule has 0 radical (unpaired) electrons. The second-order valence-electron chi connectivity index (χ2n) is 7.96. The molecule has 2 aromatic rings. The van der Waals surface area contributed by atoms with Gasteiger partial charge in [-0.25, -0.2) is 8.42 Å². The van der Waals surface area contributed by atoms with Gasteiger partial charge in [0.2, 0.25) is 15.9 Å². The SMILES string of the molecule is O=C(NCc1ccc(N2CCCC2=O)cc1)c1ccccc1S(=O)(=O)N1CCCCC1. The standard InChI is InChI=1S/C23H27N3O4S/c27-22-9-6-16-26(22)19-12-10-18(11-13-19)17-24-23(28)20-7-2-3-8-21(20)31(29,30)25-14-4-1-5-15-25/h2-3,7-8,10-13H,1,4-6,9,14-17H2,(H,24,28). The van der Waals surface area contributed by atoms with Gasteiger partial charge in [-0.3, -0.25) is 9.59 Å². The largest absolute Gasteiger partial charge is 0.348 e. The number of nitrogens with one attached hydrogen (secondary N) is 1. The van der Waals surface area contributed by atoms with Crippen molar-refractivity contribution >= 4 is 27.5 Å². The Morgan fingerprint density at radius 1 is 0.903 bits per heavy atom. The van der Waals surface area contributed by atoms with Gasteiger partial charge in [-0.15, -0.1) is 0 Å². The normalized spacial score (nSPS) is 17.7. The van der Waals surface area contributed by atoms with Gasteiger partial charge < -0.3 is 10.2 Å². The van der Waals surface area contributed by atoms with Crippen LogP contribution in [0.3, 0.4) is 0 Å². The van der Waals surface area contributed by atoms with Gasteiger partial charge in [0.05, 0.1) is 10.5 Å². The second kappa shape index (κ2) is 9.20. The Kier molecular flexibility index (Phi) is 6.38. The summed E-state index contributed by atoms with van der Waals surface area (Å²) in [5.41, 5.74) is 1.89. The molecular formula is C23H27N3O4S. The van der Waals surface area contributed by atoms with Crippen LogP contribution in [-0.2, 0) is 21.4 Å². The highest BCUT2D eigenvalue weighted by atomic mass is 32.2. The molecule has 8 heteroatoms. The van der Waals surface area contributed by atoms with Crippen molar-refractivity contribution in [3.8, 4) is 0 Å². The molecule has 1 N–H and O–H groups in total. The smallest absolute Gasteiger partial charge is 0.252 e. The molecule has 0 aromatic heterocycles. The Hall–Kier alpha value is -2.71. The summed E-state index contributed by atoms with van der Waals surface area (Å²) < 4.78 is 27.7. The van der Waals surface area contributed by atoms with Gasteiger partial charge in [-0.05, 0) is 49.1 Å². The maximum Gasteiger partial charge on any atom is 0.252 e. The molecular weight excluding hydrogens is 414 g/mol. The molecule has 2 aliphatic heterocycles. The van der Waals surface area contributed by atoms with Crippen LogP contribution in [0.5, 0.6) is 0 Å². The number of benzene rings is 2. The van der Waals surface area contributed by atoms with Crippen LogP contribution in [0, 0.1) is 0 Å². The van der Waals surface area contributed by atoms with Crippen molar-refractivity contribution in [3.05, 3.63) is 59.7 Å². The number of piperidine rings is 1. The van der Waals surface area contributed by atoms with Crippen LogP contribution in [-0.4, -0.2) is 44.2 Å². The molecule has 2 heterocycles. The highest BCUT2D eigenvalue weighted by Gasteiger charge is 2.29. The number of carbonyl (C=O) groups is 2. The van der Waals surface area contributed by atoms with Crippen molar-refractivity contribution < 1.29 is 18.0 Å². The van der Waals surface area contributed by atoms with Crippen molar-refractivity contribution in [3.63, 3.8) is 0 Å². The number of carbonyl (C=O) groups excluding carboxylic acids is 2. The van der Waals surface area contributed by atoms with Crippen LogP contribution in [0.15, 0.2) is 53.4 Å². The predicted molar refractivity (Wildman–Crippen MR) is 118 cm³/mol. The van der Waals surface area contributed by atoms with E-state index in [1.807, 2.05) is 24.3 Å². The lowest BCUT2D eigenvalue weighted by Gasteiger charge is -2.26. The lowest BCUT2D eigenvalue weighted by molar-refractivity contribution is -0.117. The average Bonchev–Trinajstić information content (AvgIpc) is 3.24. The first kappa shape index (κ1) is 21.5. The number of nitrogens with zero attached hydrogens (tertiary/aromatic N) is 2. The zero-order valence-corrected chi connectivity index (χ0v) is 18.2. The minimum Gasteiger partial charge on any atom is -0.348 e. The van der Waals surface area contributed by atoms with Crippen molar-refractivity contribution in [2.75, 3.05) is 24.5 Å². The summed E-state index contributed by atoms with van der Waals surface area (Å²) >= 11 is 0. The molecule has 31 heavy (non-hydrogen) atoms. The minimum absolute atomic E-state index is 0.0530. The fraction of sp³-hybridized carbons (Fsp3) is 0.391. The van der Waals surface area contributed by atoms with E-state index in [9.17, 15) is 18.0 Å². The van der Waals surface area contributed by atoms with Crippen molar-refractivity contribution in [2.45, 2.75) is 43.5 Å². The van der Waals surface area contributed by atoms with Crippen LogP contribution in [0.4, 0.5) is 5.69 Å². The van der Waals surface area contributed by atoms with Gasteiger partial charge in [0.15, 0.2) is 0 Å². The Balaban J connectivity index is 1.45. The van der Waals surface area contributed by atoms with E-state index in [0.717, 1.165) is 43.5 Å². The van der Waals surface area contributed by atoms with E-state index in [1.54, 1.807) is 23.1 Å². The highest BCUT2D eigenvalue weighted by molar-refractivity contribution is 7.89. The van der Waals surface area contributed by atoms with Gasteiger partial charge in [0.25, 0.3) is 5.91 Å². The Bertz CT molecular complexity index is 1060. The van der Waals surface area contributed by atoms with Gasteiger partial charge in [-0.2, -0.15) is 4.31 Å². The Labute approximate surface area is 183 Å². The number of hydrogen-bond donors (Lipinski definition) is 1. The third kappa shape index (κ3) is 4.65. The molecule has 2 aromatic carbocycles. The van der Waals surface area contributed by atoms with Crippen molar-refractivity contribution in [2.24, 2.45) is 0 Å². The summed E-state index contributed by atoms with van der Waals surface area (Å²) in [7, 11) is -3.71. The van der Waals surface area contributed by atoms with E-state index in [1.165, 1.54) is 10.4 Å². The maximum atomic E-state index is 13.1. The van der Waals surface area contributed by atoms with E-state index in [0.29, 0.717) is 19.5 Å². The van der Waals surface area contributed by atoms with Crippen LogP contribution in [0.25, 0.3) is 0 Å². The Morgan fingerprint density at radius 2 is 1.61 bits per heavy atom. The van der Waals surface area contributed by atoms with E-state index < -0.39 is 15.9 Å². The molecule has 0 atom stereocenters. The van der Waals surface area contributed by atoms with E-state index in [2.05, 4.69) is 5.32 Å². The van der Waals surface area contributed by atoms with Crippen LogP contribution in [0.2, 0.25) is 0 Å². The van der Waals surface area contributed by atoms with E-state index in [4.69, 9.17) is 0 Å². The van der Waals surface area contributed by atoms with Gasteiger partial charge in [0.1, 0.15) is 0 Å². The fourth-order valence-electron chi connectivity index (χ4n) is 4.12. The lowest BCUT2D eigenvalue weighted by Crippen LogP contribution is -2.37. The monoisotopic (exact) mass is 441 g/mol. The quantitative estimate of drug-likeness (QED) is 0.747. The first-order valence-corrected chi connectivity index (χ1v) is 12.2. The number of amides is 2. The summed E-state index contributed by atoms with van der Waals surface area (Å²) in [5, 5.41) is 2.83. The summed E-state index contributed by atoms with van der Waals surface area (Å²) in [6, 6.07) is 13.9. The van der Waals surface area contributed by atoms with Gasteiger partial charge >= 0.3 is 0 Å². The van der Waals surface area contributed by atoms with Crippen LogP contribution >= 0.6 is 0 Å². The molecule has 0 bridgehead atoms. The molecule has 0 aliphatic carbocycles. The first-order chi connectivity index (χ1) is 15.0. The van der Waals surface area contributed by atoms with E-state index >= 15 is 0 Å². The highest BCUT2D eigenvalue weighted by Crippen LogP contribution is 2.24. The third-order valence-electron chi connectivity index (χ3n) is 5.84. The summed E-state index contributed by atoms with van der Waals surface area (Å²) in [4.78, 5) is 26.5. The zero-order valence-electron chi connectivity index (χ0n) is 17.4. The fourth-order valence-corrected chi connectivity index (χ4v) is 5.82. The minimum atomic E-state index is -3.71. The summed E-state index contributed by atoms with van der Waals surface area (Å²) in [5.74, 6) is -0.289. The molecule has 164 valence electrons. The average molecular weight is 442 g/mol. The molecule has 4 rings (SSSR count). The molecule has 2 fully saturated rings. The molecule has 0 unspecified atom stereocenters. The van der Waals surface area contributed by atoms with Gasteiger partial charge in [-0.1, -0.05) is 30.7 Å². The van der Waals surface area contributed by atoms with Crippen LogP contribution in [0.1, 0.15) is 48.0 Å². The molecule has 2 aliphatic rings. The third-order valence-corrected chi connectivity index (χ3v) is 7.80. The van der Waals surface area contributed by atoms with E-state index in [-0.39, 0.29) is 22.9 Å². The molecule has 7 nitrogen and oxygen atoms in total. The summed E-state index contributed by atoms with van der Waals surface area (Å²) in [6.45, 7) is 1.98. The number of sulfonamides is 1. The Morgan fingerprint density at radius 3 is 2.29 bits per heavy atom. The second-order valence-corrected chi connectivity index (χ2v) is 9.87. The van der Waals surface area contributed by atoms with Crippen molar-refractivity contribution in [1.82, 2.24) is 9.62 Å². The molecule has 0 spiro atoms. The van der Waals surface area contributed by atoms with Crippen molar-refractivity contribution in [1.29, 1.82) is 0 Å². The molecule has 2 saturated heterocycles. The predicted octanol–water partition coefficient (Wildman–Crippen LogP) is 2.92. The van der Waals surface area contributed by atoms with Crippen LogP contribution < -0.4 is 10.2 Å².